The summed E-state index contributed by atoms with van der Waals surface area (Å²) in [5, 5.41) is 0. The molecule has 0 aromatic carbocycles. The Morgan fingerprint density at radius 3 is 1.60 bits per heavy atom. The van der Waals surface area contributed by atoms with Crippen molar-refractivity contribution in [3.63, 3.8) is 0 Å². The van der Waals surface area contributed by atoms with E-state index in [0.717, 1.165) is 8.63 Å². The summed E-state index contributed by atoms with van der Waals surface area (Å²) >= 11 is 0. The van der Waals surface area contributed by atoms with Crippen LogP contribution < -0.4 is 0 Å². The van der Waals surface area contributed by atoms with Gasteiger partial charge in [0.1, 0.15) is 0 Å². The van der Waals surface area contributed by atoms with Crippen molar-refractivity contribution in [1.82, 2.24) is 0 Å². The molecule has 10 rings (SSSR count). The van der Waals surface area contributed by atoms with E-state index in [1.807, 2.05) is 0 Å². The molecule has 80 valence electrons. The van der Waals surface area contributed by atoms with Crippen LogP contribution in [0.2, 0.25) is 47.2 Å². The number of fused-ring (bicyclic) bond motifs is 10. The second-order valence-electron chi connectivity index (χ2n) is 10.9. The predicted molar refractivity (Wildman–Crippen MR) is 55.9 cm³/mol. The topological polar surface area (TPSA) is 0 Å². The molecule has 10 saturated heterocycles. The zero-order chi connectivity index (χ0) is 9.51. The number of allylic oxidation sites excluding steroid dienone is 1. The Morgan fingerprint density at radius 1 is 1.00 bits per heavy atom. The quantitative estimate of drug-likeness (QED) is 0.459. The fraction of sp³-hybridized carbons (Fsp3) is 0.857. The maximum absolute atomic E-state index is 4.53. The van der Waals surface area contributed by atoms with E-state index in [4.69, 9.17) is 0 Å². The summed E-state index contributed by atoms with van der Waals surface area (Å²) in [6.45, 7) is 6.91. The first-order chi connectivity index (χ1) is 6.88. The van der Waals surface area contributed by atoms with Gasteiger partial charge in [0.05, 0.1) is 0 Å². The van der Waals surface area contributed by atoms with Gasteiger partial charge in [-0.25, -0.2) is 0 Å². The fourth-order valence-corrected chi connectivity index (χ4v) is 97.0. The van der Waals surface area contributed by atoms with Gasteiger partial charge in [0.25, 0.3) is 0 Å². The standard InChI is InChI=1S/C9H11.C5H5.Fe/c1-7(2)9-6-4-5-8(9)3;1-2-4-5-3-1;/h4-6H,1H2,2-3H3;1-5H;. The Kier molecular flexibility index (Phi) is 0.124. The van der Waals surface area contributed by atoms with Gasteiger partial charge < -0.3 is 0 Å². The molecular formula is C14H16Fe. The SMILES string of the molecule is C=C(C)[C]12[CH]3[CH]4[CH]5[C]1(C)[Fe]45321678[CH]2[CH]1[CH]6[CH]7[CH]28. The van der Waals surface area contributed by atoms with Crippen LogP contribution in [0, 0.1) is 0 Å². The van der Waals surface area contributed by atoms with Crippen LogP contribution in [0.3, 0.4) is 0 Å². The molecule has 10 fully saturated rings. The van der Waals surface area contributed by atoms with Crippen molar-refractivity contribution < 1.29 is 6.51 Å². The average molecular weight is 240 g/mol. The molecule has 5 atom stereocenters. The Hall–Kier alpha value is 0.259. The van der Waals surface area contributed by atoms with Gasteiger partial charge in [0, 0.05) is 0 Å². The molecule has 5 unspecified atom stereocenters. The van der Waals surface area contributed by atoms with Crippen molar-refractivity contribution in [3.05, 3.63) is 12.2 Å². The first-order valence-electron chi connectivity index (χ1n) is 6.75. The van der Waals surface area contributed by atoms with Gasteiger partial charge in [-0.15, -0.1) is 0 Å². The average Bonchev–Trinajstić information content (AvgIpc) is 3.10. The van der Waals surface area contributed by atoms with Crippen molar-refractivity contribution >= 4 is 0 Å². The number of rotatable bonds is 1. The third-order valence-corrected chi connectivity index (χ3v) is 60.6. The minimum absolute atomic E-state index is 0.937. The molecule has 0 saturated carbocycles. The summed E-state index contributed by atoms with van der Waals surface area (Å²) in [5.41, 5.74) is 1.71. The Balaban J connectivity index is 1.95. The van der Waals surface area contributed by atoms with Gasteiger partial charge in [0.2, 0.25) is 0 Å². The second kappa shape index (κ2) is 0.353. The zero-order valence-corrected chi connectivity index (χ0v) is 10.3. The molecule has 0 nitrogen and oxygen atoms in total. The predicted octanol–water partition coefficient (Wildman–Crippen LogP) is 4.71. The third kappa shape index (κ3) is 0.0394. The summed E-state index contributed by atoms with van der Waals surface area (Å²) in [7, 11) is 0. The van der Waals surface area contributed by atoms with Crippen LogP contribution in [-0.4, -0.2) is 0 Å². The van der Waals surface area contributed by atoms with Crippen molar-refractivity contribution in [2.24, 2.45) is 0 Å². The van der Waals surface area contributed by atoms with Gasteiger partial charge in [0.15, 0.2) is 0 Å². The third-order valence-electron chi connectivity index (χ3n) is 16.3. The monoisotopic (exact) mass is 240 g/mol. The first kappa shape index (κ1) is 5.27. The zero-order valence-electron chi connectivity index (χ0n) is 9.18. The molecule has 0 radical (unpaired) electrons. The van der Waals surface area contributed by atoms with E-state index in [-0.39, 0.29) is 0 Å². The first-order valence-corrected chi connectivity index (χ1v) is 13.0. The van der Waals surface area contributed by atoms with Crippen LogP contribution in [0.1, 0.15) is 13.8 Å². The Bertz CT molecular complexity index is 957. The van der Waals surface area contributed by atoms with Gasteiger partial charge in [-0.3, -0.25) is 0 Å². The van der Waals surface area contributed by atoms with Crippen molar-refractivity contribution in [3.8, 4) is 0 Å². The van der Waals surface area contributed by atoms with Crippen LogP contribution >= 0.6 is 0 Å². The van der Waals surface area contributed by atoms with Crippen LogP contribution in [0.15, 0.2) is 12.2 Å². The summed E-state index contributed by atoms with van der Waals surface area (Å²) in [4.78, 5) is 11.6. The van der Waals surface area contributed by atoms with E-state index in [9.17, 15) is 0 Å². The molecule has 0 N–H and O–H groups in total. The van der Waals surface area contributed by atoms with E-state index < -0.39 is 6.51 Å². The molecule has 1 heteroatoms. The summed E-state index contributed by atoms with van der Waals surface area (Å²) < 4.78 is 1.95. The molecule has 0 aromatic rings. The van der Waals surface area contributed by atoms with Crippen LogP contribution in [0.5, 0.6) is 0 Å². The molecule has 1 spiro atoms. The number of hydrogen-bond acceptors (Lipinski definition) is 0. The van der Waals surface area contributed by atoms with Crippen LogP contribution in [0.4, 0.5) is 0 Å². The molecule has 15 heavy (non-hydrogen) atoms. The Morgan fingerprint density at radius 2 is 1.53 bits per heavy atom. The van der Waals surface area contributed by atoms with Gasteiger partial charge in [-0.05, 0) is 0 Å². The summed E-state index contributed by atoms with van der Waals surface area (Å²) in [6.07, 6.45) is 0. The molecule has 0 aliphatic carbocycles. The van der Waals surface area contributed by atoms with Gasteiger partial charge in [-0.2, -0.15) is 0 Å². The van der Waals surface area contributed by atoms with E-state index in [2.05, 4.69) is 20.4 Å². The van der Waals surface area contributed by atoms with Crippen LogP contribution in [0.25, 0.3) is 0 Å². The molecule has 10 aliphatic heterocycles. The van der Waals surface area contributed by atoms with Crippen molar-refractivity contribution in [2.75, 3.05) is 0 Å². The molecular weight excluding hydrogens is 224 g/mol. The second-order valence-corrected chi connectivity index (χ2v) is 34.4. The van der Waals surface area contributed by atoms with E-state index >= 15 is 0 Å². The fourth-order valence-electron chi connectivity index (χ4n) is 19.0. The molecule has 10 aliphatic rings. The number of hydrogen-bond donors (Lipinski definition) is 0. The normalized spacial score (nSPS) is 138. The van der Waals surface area contributed by atoms with E-state index in [1.54, 1.807) is 5.57 Å². The molecule has 0 aromatic heterocycles. The van der Waals surface area contributed by atoms with E-state index in [0.29, 0.717) is 0 Å². The van der Waals surface area contributed by atoms with Crippen LogP contribution in [-0.2, 0) is 6.51 Å². The summed E-state index contributed by atoms with van der Waals surface area (Å²) in [5.74, 6) is 0. The molecule has 10 heterocycles. The van der Waals surface area contributed by atoms with Gasteiger partial charge >= 0.3 is 79.7 Å². The summed E-state index contributed by atoms with van der Waals surface area (Å²) in [6, 6.07) is 0. The van der Waals surface area contributed by atoms with Crippen molar-refractivity contribution in [2.45, 2.75) is 61.0 Å². The maximum atomic E-state index is 4.53. The molecule has 0 amide bonds. The molecule has 0 bridgehead atoms. The Labute approximate surface area is 79.8 Å². The van der Waals surface area contributed by atoms with Gasteiger partial charge in [-0.1, -0.05) is 0 Å². The van der Waals surface area contributed by atoms with E-state index in [1.165, 1.54) is 38.5 Å². The minimum atomic E-state index is -2.86. The van der Waals surface area contributed by atoms with Crippen molar-refractivity contribution in [1.29, 1.82) is 0 Å².